The van der Waals surface area contributed by atoms with Crippen molar-refractivity contribution < 1.29 is 9.34 Å². The van der Waals surface area contributed by atoms with Crippen LogP contribution < -0.4 is 0 Å². The molecule has 6 nitrogen and oxygen atoms in total. The van der Waals surface area contributed by atoms with Crippen LogP contribution in [0.5, 0.6) is 0 Å². The fourth-order valence-electron chi connectivity index (χ4n) is 1.47. The zero-order valence-corrected chi connectivity index (χ0v) is 9.07. The summed E-state index contributed by atoms with van der Waals surface area (Å²) in [5.74, 6) is 0.701. The van der Waals surface area contributed by atoms with Crippen molar-refractivity contribution in [1.82, 2.24) is 9.97 Å². The minimum atomic E-state index is -0.455. The lowest BCUT2D eigenvalue weighted by molar-refractivity contribution is -0.385. The summed E-state index contributed by atoms with van der Waals surface area (Å²) < 4.78 is 5.10. The fraction of sp³-hybridized carbons (Fsp3) is 0.273. The molecule has 0 aliphatic heterocycles. The maximum atomic E-state index is 10.4. The average molecular weight is 233 g/mol. The van der Waals surface area contributed by atoms with E-state index >= 15 is 0 Å². The van der Waals surface area contributed by atoms with Crippen LogP contribution in [0.2, 0.25) is 0 Å². The summed E-state index contributed by atoms with van der Waals surface area (Å²) in [5.41, 5.74) is 0.851. The van der Waals surface area contributed by atoms with Crippen LogP contribution in [0, 0.1) is 10.1 Å². The highest BCUT2D eigenvalue weighted by Gasteiger charge is 2.05. The van der Waals surface area contributed by atoms with Crippen LogP contribution in [-0.4, -0.2) is 14.9 Å². The molecule has 0 atom stereocenters. The third kappa shape index (κ3) is 3.10. The SMILES string of the molecule is O=[N+]([O-])c1ccc(CCCc2ncco2)nc1. The Balaban J connectivity index is 1.85. The first-order valence-corrected chi connectivity index (χ1v) is 5.23. The number of nitro groups is 1. The number of rotatable bonds is 5. The van der Waals surface area contributed by atoms with Crippen molar-refractivity contribution in [2.45, 2.75) is 19.3 Å². The highest BCUT2D eigenvalue weighted by molar-refractivity contribution is 5.26. The molecule has 0 aliphatic carbocycles. The smallest absolute Gasteiger partial charge is 0.287 e. The van der Waals surface area contributed by atoms with E-state index in [9.17, 15) is 10.1 Å². The lowest BCUT2D eigenvalue weighted by Gasteiger charge is -1.98. The highest BCUT2D eigenvalue weighted by atomic mass is 16.6. The Bertz CT molecular complexity index is 479. The second kappa shape index (κ2) is 5.20. The lowest BCUT2D eigenvalue weighted by atomic mass is 10.2. The number of hydrogen-bond donors (Lipinski definition) is 0. The Morgan fingerprint density at radius 2 is 2.18 bits per heavy atom. The van der Waals surface area contributed by atoms with Gasteiger partial charge in [0.2, 0.25) is 0 Å². The fourth-order valence-corrected chi connectivity index (χ4v) is 1.47. The summed E-state index contributed by atoms with van der Waals surface area (Å²) in [6.45, 7) is 0. The van der Waals surface area contributed by atoms with Crippen molar-refractivity contribution in [2.24, 2.45) is 0 Å². The zero-order chi connectivity index (χ0) is 12.1. The Morgan fingerprint density at radius 3 is 2.76 bits per heavy atom. The van der Waals surface area contributed by atoms with Gasteiger partial charge in [-0.3, -0.25) is 15.1 Å². The molecule has 2 aromatic rings. The predicted molar refractivity (Wildman–Crippen MR) is 59.4 cm³/mol. The van der Waals surface area contributed by atoms with Crippen LogP contribution in [0.1, 0.15) is 18.0 Å². The van der Waals surface area contributed by atoms with E-state index in [1.54, 1.807) is 18.5 Å². The number of aromatic nitrogens is 2. The molecule has 2 aromatic heterocycles. The van der Waals surface area contributed by atoms with Gasteiger partial charge in [-0.1, -0.05) is 0 Å². The monoisotopic (exact) mass is 233 g/mol. The Hall–Kier alpha value is -2.24. The molecule has 17 heavy (non-hydrogen) atoms. The van der Waals surface area contributed by atoms with Crippen LogP contribution in [0.15, 0.2) is 35.2 Å². The van der Waals surface area contributed by atoms with Crippen molar-refractivity contribution >= 4 is 5.69 Å². The van der Waals surface area contributed by atoms with Crippen molar-refractivity contribution in [3.63, 3.8) is 0 Å². The van der Waals surface area contributed by atoms with Crippen LogP contribution in [0.4, 0.5) is 5.69 Å². The first-order chi connectivity index (χ1) is 8.25. The van der Waals surface area contributed by atoms with Gasteiger partial charge < -0.3 is 4.42 Å². The first-order valence-electron chi connectivity index (χ1n) is 5.23. The quantitative estimate of drug-likeness (QED) is 0.583. The number of pyridine rings is 1. The van der Waals surface area contributed by atoms with Gasteiger partial charge in [0.05, 0.1) is 11.1 Å². The van der Waals surface area contributed by atoms with Crippen LogP contribution in [0.25, 0.3) is 0 Å². The van der Waals surface area contributed by atoms with E-state index in [4.69, 9.17) is 4.42 Å². The second-order valence-electron chi connectivity index (χ2n) is 3.54. The molecule has 0 saturated carbocycles. The van der Waals surface area contributed by atoms with Gasteiger partial charge in [0.15, 0.2) is 5.89 Å². The van der Waals surface area contributed by atoms with Gasteiger partial charge in [-0.15, -0.1) is 0 Å². The van der Waals surface area contributed by atoms with Gasteiger partial charge in [-0.05, 0) is 18.9 Å². The summed E-state index contributed by atoms with van der Waals surface area (Å²) in [6, 6.07) is 3.14. The standard InChI is InChI=1S/C11H11N3O3/c15-14(16)10-5-4-9(13-8-10)2-1-3-11-12-6-7-17-11/h4-8H,1-3H2. The summed E-state index contributed by atoms with van der Waals surface area (Å²) >= 11 is 0. The molecule has 88 valence electrons. The number of oxazole rings is 1. The third-order valence-electron chi connectivity index (χ3n) is 2.33. The van der Waals surface area contributed by atoms with E-state index in [0.717, 1.165) is 25.0 Å². The molecular formula is C11H11N3O3. The summed E-state index contributed by atoms with van der Waals surface area (Å²) in [4.78, 5) is 18.0. The van der Waals surface area contributed by atoms with Crippen LogP contribution >= 0.6 is 0 Å². The Morgan fingerprint density at radius 1 is 1.29 bits per heavy atom. The molecule has 0 radical (unpaired) electrons. The van der Waals surface area contributed by atoms with E-state index in [1.165, 1.54) is 12.3 Å². The molecule has 0 fully saturated rings. The molecule has 2 rings (SSSR count). The molecule has 6 heteroatoms. The lowest BCUT2D eigenvalue weighted by Crippen LogP contribution is -1.95. The summed E-state index contributed by atoms with van der Waals surface area (Å²) in [7, 11) is 0. The third-order valence-corrected chi connectivity index (χ3v) is 2.33. The molecule has 0 saturated heterocycles. The molecule has 0 unspecified atom stereocenters. The maximum absolute atomic E-state index is 10.4. The highest BCUT2D eigenvalue weighted by Crippen LogP contribution is 2.10. The normalized spacial score (nSPS) is 10.4. The van der Waals surface area contributed by atoms with Crippen molar-refractivity contribution in [3.8, 4) is 0 Å². The van der Waals surface area contributed by atoms with Crippen molar-refractivity contribution in [3.05, 3.63) is 52.5 Å². The van der Waals surface area contributed by atoms with Gasteiger partial charge in [-0.25, -0.2) is 4.98 Å². The zero-order valence-electron chi connectivity index (χ0n) is 9.07. The van der Waals surface area contributed by atoms with Crippen LogP contribution in [-0.2, 0) is 12.8 Å². The minimum absolute atomic E-state index is 0.0152. The van der Waals surface area contributed by atoms with Gasteiger partial charge in [0, 0.05) is 18.2 Å². The number of nitrogens with zero attached hydrogens (tertiary/aromatic N) is 3. The maximum Gasteiger partial charge on any atom is 0.287 e. The van der Waals surface area contributed by atoms with E-state index < -0.39 is 4.92 Å². The largest absolute Gasteiger partial charge is 0.449 e. The molecule has 0 N–H and O–H groups in total. The Kier molecular flexibility index (Phi) is 3.44. The average Bonchev–Trinajstić information content (AvgIpc) is 2.83. The van der Waals surface area contributed by atoms with Gasteiger partial charge in [0.1, 0.15) is 12.5 Å². The minimum Gasteiger partial charge on any atom is -0.449 e. The second-order valence-corrected chi connectivity index (χ2v) is 3.54. The molecule has 0 bridgehead atoms. The first kappa shape index (κ1) is 11.3. The van der Waals surface area contributed by atoms with Crippen LogP contribution in [0.3, 0.4) is 0 Å². The van der Waals surface area contributed by atoms with E-state index in [1.807, 2.05) is 0 Å². The van der Waals surface area contributed by atoms with Crippen molar-refractivity contribution in [1.29, 1.82) is 0 Å². The number of aryl methyl sites for hydroxylation is 2. The summed E-state index contributed by atoms with van der Waals surface area (Å²) in [5, 5.41) is 10.4. The molecule has 2 heterocycles. The molecule has 0 aromatic carbocycles. The predicted octanol–water partition coefficient (Wildman–Crippen LogP) is 2.15. The molecule has 0 spiro atoms. The van der Waals surface area contributed by atoms with Gasteiger partial charge in [-0.2, -0.15) is 0 Å². The molecule has 0 amide bonds. The van der Waals surface area contributed by atoms with Gasteiger partial charge in [0.25, 0.3) is 5.69 Å². The van der Waals surface area contributed by atoms with Gasteiger partial charge >= 0.3 is 0 Å². The van der Waals surface area contributed by atoms with E-state index in [2.05, 4.69) is 9.97 Å². The van der Waals surface area contributed by atoms with E-state index in [-0.39, 0.29) is 5.69 Å². The topological polar surface area (TPSA) is 82.1 Å². The molecule has 0 aliphatic rings. The van der Waals surface area contributed by atoms with Crippen molar-refractivity contribution in [2.75, 3.05) is 0 Å². The summed E-state index contributed by atoms with van der Waals surface area (Å²) in [6.07, 6.45) is 6.77. The Labute approximate surface area is 97.5 Å². The van der Waals surface area contributed by atoms with E-state index in [0.29, 0.717) is 5.89 Å². The molecular weight excluding hydrogens is 222 g/mol. The number of hydrogen-bond acceptors (Lipinski definition) is 5.